The van der Waals surface area contributed by atoms with Gasteiger partial charge in [0.05, 0.1) is 12.0 Å². The van der Waals surface area contributed by atoms with Crippen molar-refractivity contribution in [2.45, 2.75) is 6.10 Å². The van der Waals surface area contributed by atoms with Crippen LogP contribution in [0.15, 0.2) is 48.5 Å². The molecule has 0 saturated carbocycles. The lowest BCUT2D eigenvalue weighted by molar-refractivity contribution is 0.103. The number of benzene rings is 2. The molecule has 0 aromatic heterocycles. The fourth-order valence-corrected chi connectivity index (χ4v) is 2.17. The maximum atomic E-state index is 12.5. The Morgan fingerprint density at radius 1 is 1.19 bits per heavy atom. The van der Waals surface area contributed by atoms with Gasteiger partial charge in [0.15, 0.2) is 5.78 Å². The molecule has 1 atom stereocenters. The summed E-state index contributed by atoms with van der Waals surface area (Å²) in [4.78, 5) is 12.5. The van der Waals surface area contributed by atoms with Crippen LogP contribution in [0.5, 0.6) is 0 Å². The van der Waals surface area contributed by atoms with Gasteiger partial charge in [-0.25, -0.2) is 0 Å². The van der Waals surface area contributed by atoms with Gasteiger partial charge in [0, 0.05) is 28.4 Å². The van der Waals surface area contributed by atoms with Crippen LogP contribution in [0.2, 0.25) is 5.02 Å². The molecule has 0 spiro atoms. The van der Waals surface area contributed by atoms with Gasteiger partial charge in [-0.05, 0) is 18.2 Å². The number of rotatable bonds is 6. The maximum absolute atomic E-state index is 12.5. The molecule has 1 unspecified atom stereocenters. The summed E-state index contributed by atoms with van der Waals surface area (Å²) in [6, 6.07) is 14.0. The van der Waals surface area contributed by atoms with Gasteiger partial charge in [0.25, 0.3) is 0 Å². The Hall–Kier alpha value is -1.55. The van der Waals surface area contributed by atoms with E-state index in [2.05, 4.69) is 5.32 Å². The van der Waals surface area contributed by atoms with Gasteiger partial charge in [-0.3, -0.25) is 4.79 Å². The van der Waals surface area contributed by atoms with E-state index in [-0.39, 0.29) is 18.2 Å². The van der Waals surface area contributed by atoms with Gasteiger partial charge in [0.2, 0.25) is 0 Å². The number of carbonyl (C=O) groups excluding carboxylic acids is 1. The van der Waals surface area contributed by atoms with E-state index >= 15 is 0 Å². The van der Waals surface area contributed by atoms with Crippen LogP contribution < -0.4 is 5.32 Å². The average molecular weight is 324 g/mol. The highest BCUT2D eigenvalue weighted by Gasteiger charge is 2.14. The summed E-state index contributed by atoms with van der Waals surface area (Å²) < 4.78 is 0. The van der Waals surface area contributed by atoms with Crippen molar-refractivity contribution >= 4 is 34.7 Å². The Balaban J connectivity index is 2.29. The highest BCUT2D eigenvalue weighted by atomic mass is 35.5. The van der Waals surface area contributed by atoms with E-state index in [1.54, 1.807) is 30.3 Å². The summed E-state index contributed by atoms with van der Waals surface area (Å²) in [6.07, 6.45) is -0.679. The molecule has 0 saturated heterocycles. The molecule has 3 nitrogen and oxygen atoms in total. The highest BCUT2D eigenvalue weighted by Crippen LogP contribution is 2.23. The van der Waals surface area contributed by atoms with Crippen LogP contribution in [0.1, 0.15) is 15.9 Å². The first kappa shape index (κ1) is 15.8. The molecular formula is C16H15Cl2NO2. The van der Waals surface area contributed by atoms with Crippen LogP contribution in [0.25, 0.3) is 0 Å². The summed E-state index contributed by atoms with van der Waals surface area (Å²) in [6.45, 7) is 0.264. The predicted molar refractivity (Wildman–Crippen MR) is 86.5 cm³/mol. The van der Waals surface area contributed by atoms with Crippen molar-refractivity contribution in [3.05, 3.63) is 64.7 Å². The summed E-state index contributed by atoms with van der Waals surface area (Å²) in [5, 5.41) is 13.0. The van der Waals surface area contributed by atoms with Crippen molar-refractivity contribution in [3.63, 3.8) is 0 Å². The van der Waals surface area contributed by atoms with Gasteiger partial charge in [-0.15, -0.1) is 11.6 Å². The number of alkyl halides is 1. The first-order valence-corrected chi connectivity index (χ1v) is 7.40. The summed E-state index contributed by atoms with van der Waals surface area (Å²) in [7, 11) is 0. The van der Waals surface area contributed by atoms with E-state index < -0.39 is 6.10 Å². The monoisotopic (exact) mass is 323 g/mol. The Labute approximate surface area is 133 Å². The van der Waals surface area contributed by atoms with E-state index in [1.807, 2.05) is 18.2 Å². The molecule has 0 aliphatic rings. The summed E-state index contributed by atoms with van der Waals surface area (Å²) >= 11 is 11.6. The van der Waals surface area contributed by atoms with Crippen molar-refractivity contribution in [2.24, 2.45) is 0 Å². The van der Waals surface area contributed by atoms with Crippen molar-refractivity contribution < 1.29 is 9.90 Å². The number of nitrogens with one attached hydrogen (secondary N) is 1. The van der Waals surface area contributed by atoms with Gasteiger partial charge in [-0.1, -0.05) is 41.9 Å². The number of ketones is 1. The second-order valence-electron chi connectivity index (χ2n) is 4.57. The number of aliphatic hydroxyl groups is 1. The summed E-state index contributed by atoms with van der Waals surface area (Å²) in [5.41, 5.74) is 1.67. The SMILES string of the molecule is O=C(c1ccccc1)c1cc(Cl)ccc1NCC(O)CCl. The Kier molecular flexibility index (Phi) is 5.62. The maximum Gasteiger partial charge on any atom is 0.195 e. The highest BCUT2D eigenvalue weighted by molar-refractivity contribution is 6.31. The predicted octanol–water partition coefficient (Wildman–Crippen LogP) is 3.58. The normalized spacial score (nSPS) is 12.0. The minimum Gasteiger partial charge on any atom is -0.390 e. The number of hydrogen-bond acceptors (Lipinski definition) is 3. The van der Waals surface area contributed by atoms with E-state index in [0.29, 0.717) is 21.8 Å². The van der Waals surface area contributed by atoms with Crippen molar-refractivity contribution in [3.8, 4) is 0 Å². The Bertz CT molecular complexity index is 617. The first-order chi connectivity index (χ1) is 10.1. The zero-order chi connectivity index (χ0) is 15.2. The topological polar surface area (TPSA) is 49.3 Å². The van der Waals surface area contributed by atoms with Crippen molar-refractivity contribution in [1.82, 2.24) is 0 Å². The number of aliphatic hydroxyl groups excluding tert-OH is 1. The molecule has 0 fully saturated rings. The molecule has 110 valence electrons. The van der Waals surface area contributed by atoms with Crippen molar-refractivity contribution in [1.29, 1.82) is 0 Å². The van der Waals surface area contributed by atoms with Crippen LogP contribution in [-0.4, -0.2) is 29.4 Å². The fraction of sp³-hybridized carbons (Fsp3) is 0.188. The lowest BCUT2D eigenvalue weighted by Crippen LogP contribution is -2.21. The quantitative estimate of drug-likeness (QED) is 0.631. The number of hydrogen-bond donors (Lipinski definition) is 2. The average Bonchev–Trinajstić information content (AvgIpc) is 2.53. The smallest absolute Gasteiger partial charge is 0.195 e. The third kappa shape index (κ3) is 4.21. The molecule has 0 bridgehead atoms. The van der Waals surface area contributed by atoms with Crippen molar-refractivity contribution in [2.75, 3.05) is 17.7 Å². The molecule has 21 heavy (non-hydrogen) atoms. The van der Waals surface area contributed by atoms with E-state index in [9.17, 15) is 9.90 Å². The first-order valence-electron chi connectivity index (χ1n) is 6.49. The van der Waals surface area contributed by atoms with Crippen LogP contribution in [0.4, 0.5) is 5.69 Å². The van der Waals surface area contributed by atoms with Gasteiger partial charge >= 0.3 is 0 Å². The molecule has 0 amide bonds. The molecule has 2 N–H and O–H groups in total. The number of carbonyl (C=O) groups is 1. The standard InChI is InChI=1S/C16H15Cl2NO2/c17-9-13(20)10-19-15-7-6-12(18)8-14(15)16(21)11-4-2-1-3-5-11/h1-8,13,19-20H,9-10H2. The van der Waals surface area contributed by atoms with Gasteiger partial charge < -0.3 is 10.4 Å². The molecule has 2 rings (SSSR count). The molecule has 5 heteroatoms. The zero-order valence-electron chi connectivity index (χ0n) is 11.2. The third-order valence-corrected chi connectivity index (χ3v) is 3.56. The zero-order valence-corrected chi connectivity index (χ0v) is 12.7. The minimum absolute atomic E-state index is 0.124. The Morgan fingerprint density at radius 3 is 2.57 bits per heavy atom. The van der Waals surface area contributed by atoms with Gasteiger partial charge in [0.1, 0.15) is 0 Å². The van der Waals surface area contributed by atoms with Crippen LogP contribution in [0.3, 0.4) is 0 Å². The van der Waals surface area contributed by atoms with E-state index in [4.69, 9.17) is 23.2 Å². The third-order valence-electron chi connectivity index (χ3n) is 2.97. The fourth-order valence-electron chi connectivity index (χ4n) is 1.89. The van der Waals surface area contributed by atoms with Crippen LogP contribution in [-0.2, 0) is 0 Å². The largest absolute Gasteiger partial charge is 0.390 e. The molecule has 2 aromatic carbocycles. The second-order valence-corrected chi connectivity index (χ2v) is 5.32. The number of halogens is 2. The molecule has 0 aliphatic carbocycles. The second kappa shape index (κ2) is 7.46. The molecule has 0 radical (unpaired) electrons. The Morgan fingerprint density at radius 2 is 1.90 bits per heavy atom. The lowest BCUT2D eigenvalue weighted by atomic mass is 10.0. The molecule has 2 aromatic rings. The minimum atomic E-state index is -0.679. The molecule has 0 aliphatic heterocycles. The summed E-state index contributed by atoms with van der Waals surface area (Å²) in [5.74, 6) is 0.00343. The van der Waals surface area contributed by atoms with E-state index in [0.717, 1.165) is 0 Å². The van der Waals surface area contributed by atoms with E-state index in [1.165, 1.54) is 0 Å². The van der Waals surface area contributed by atoms with Gasteiger partial charge in [-0.2, -0.15) is 0 Å². The number of anilines is 1. The van der Waals surface area contributed by atoms with Crippen LogP contribution in [0, 0.1) is 0 Å². The van der Waals surface area contributed by atoms with Crippen LogP contribution >= 0.6 is 23.2 Å². The molecule has 0 heterocycles. The molecular weight excluding hydrogens is 309 g/mol. The lowest BCUT2D eigenvalue weighted by Gasteiger charge is -2.14.